The molecule has 13 nitrogen and oxygen atoms in total. The van der Waals surface area contributed by atoms with Crippen LogP contribution in [-0.2, 0) is 39.9 Å². The van der Waals surface area contributed by atoms with Crippen LogP contribution in [0.3, 0.4) is 0 Å². The molecule has 0 radical (unpaired) electrons. The van der Waals surface area contributed by atoms with Crippen LogP contribution in [0.4, 0.5) is 5.82 Å². The van der Waals surface area contributed by atoms with Crippen molar-refractivity contribution in [2.24, 2.45) is 0 Å². The van der Waals surface area contributed by atoms with Gasteiger partial charge < -0.3 is 24.1 Å². The second-order valence-corrected chi connectivity index (χ2v) is 15.8. The topological polar surface area (TPSA) is 156 Å². The Kier molecular flexibility index (Phi) is 8.70. The van der Waals surface area contributed by atoms with Gasteiger partial charge in [0.1, 0.15) is 29.6 Å². The van der Waals surface area contributed by atoms with Crippen LogP contribution in [0, 0.1) is 0 Å². The van der Waals surface area contributed by atoms with Crippen molar-refractivity contribution in [2.45, 2.75) is 57.6 Å². The Balaban J connectivity index is 1.39. The number of ether oxygens (including phenoxy) is 3. The highest BCUT2D eigenvalue weighted by atomic mass is 35.5. The molecule has 0 spiro atoms. The highest BCUT2D eigenvalue weighted by Crippen LogP contribution is 2.45. The molecule has 5 rings (SSSR count). The summed E-state index contributed by atoms with van der Waals surface area (Å²) in [7, 11) is -7.29. The van der Waals surface area contributed by atoms with Crippen LogP contribution in [0.2, 0.25) is 10.3 Å². The molecule has 0 aliphatic carbocycles. The molecule has 224 valence electrons. The molecule has 5 atom stereocenters. The molecule has 1 unspecified atom stereocenters. The molecule has 2 aliphatic heterocycles. The predicted octanol–water partition coefficient (Wildman–Crippen LogP) is 3.98. The Morgan fingerprint density at radius 3 is 2.63 bits per heavy atom. The van der Waals surface area contributed by atoms with Crippen LogP contribution in [-0.4, -0.2) is 77.6 Å². The molecule has 3 aromatic rings. The molecule has 2 aromatic heterocycles. The minimum Gasteiger partial charge on any atom is -0.365 e. The zero-order valence-electron chi connectivity index (χ0n) is 22.8. The molecule has 0 amide bonds. The molecule has 4 heterocycles. The number of rotatable bonds is 11. The normalized spacial score (nSPS) is 25.3. The van der Waals surface area contributed by atoms with Gasteiger partial charge in [-0.25, -0.2) is 17.8 Å². The molecule has 17 heteroatoms. The Labute approximate surface area is 247 Å². The van der Waals surface area contributed by atoms with Crippen LogP contribution in [0.1, 0.15) is 32.6 Å². The molecule has 2 aliphatic rings. The van der Waals surface area contributed by atoms with Crippen LogP contribution < -0.4 is 10.0 Å². The monoisotopic (exact) mass is 648 g/mol. The van der Waals surface area contributed by atoms with E-state index in [9.17, 15) is 13.0 Å². The summed E-state index contributed by atoms with van der Waals surface area (Å²) in [4.78, 5) is 8.72. The second kappa shape index (κ2) is 11.7. The molecular weight excluding hydrogens is 618 g/mol. The average molecular weight is 649 g/mol. The Hall–Kier alpha value is -1.87. The largest absolute Gasteiger partial charge is 0.365 e. The van der Waals surface area contributed by atoms with E-state index >= 15 is 0 Å². The van der Waals surface area contributed by atoms with Gasteiger partial charge in [-0.2, -0.15) is 15.1 Å². The predicted molar refractivity (Wildman–Crippen MR) is 154 cm³/mol. The summed E-state index contributed by atoms with van der Waals surface area (Å²) in [5.74, 6) is -0.507. The molecule has 2 saturated heterocycles. The lowest BCUT2D eigenvalue weighted by Gasteiger charge is -2.24. The van der Waals surface area contributed by atoms with Crippen molar-refractivity contribution >= 4 is 57.4 Å². The first kappa shape index (κ1) is 30.6. The van der Waals surface area contributed by atoms with E-state index in [-0.39, 0.29) is 18.4 Å². The van der Waals surface area contributed by atoms with Gasteiger partial charge in [0.2, 0.25) is 22.7 Å². The molecule has 41 heavy (non-hydrogen) atoms. The lowest BCUT2D eigenvalue weighted by Crippen LogP contribution is -2.40. The fourth-order valence-electron chi connectivity index (χ4n) is 4.93. The maximum Gasteiger partial charge on any atom is 0.226 e. The summed E-state index contributed by atoms with van der Waals surface area (Å²) in [6, 6.07) is 7.43. The van der Waals surface area contributed by atoms with E-state index in [2.05, 4.69) is 25.1 Å². The van der Waals surface area contributed by atoms with Crippen molar-refractivity contribution in [1.29, 1.82) is 0 Å². The van der Waals surface area contributed by atoms with Crippen molar-refractivity contribution in [1.82, 2.24) is 24.5 Å². The lowest BCUT2D eigenvalue weighted by molar-refractivity contribution is -0.196. The summed E-state index contributed by atoms with van der Waals surface area (Å²) in [6.45, 7) is 6.84. The average Bonchev–Trinajstić information content (AvgIpc) is 3.52. The second-order valence-electron chi connectivity index (χ2n) is 10.3. The third-order valence-corrected chi connectivity index (χ3v) is 11.7. The first-order valence-corrected chi connectivity index (χ1v) is 17.5. The Morgan fingerprint density at radius 1 is 1.17 bits per heavy atom. The summed E-state index contributed by atoms with van der Waals surface area (Å²) in [6.07, 6.45) is -1.26. The minimum absolute atomic E-state index is 0.0121. The van der Waals surface area contributed by atoms with Gasteiger partial charge in [0.25, 0.3) is 0 Å². The van der Waals surface area contributed by atoms with Crippen molar-refractivity contribution in [3.8, 4) is 0 Å². The van der Waals surface area contributed by atoms with Crippen LogP contribution in [0.5, 0.6) is 0 Å². The molecule has 1 aromatic carbocycles. The third-order valence-electron chi connectivity index (χ3n) is 6.51. The van der Waals surface area contributed by atoms with Crippen molar-refractivity contribution in [3.05, 3.63) is 46.3 Å². The molecule has 0 saturated carbocycles. The van der Waals surface area contributed by atoms with Gasteiger partial charge in [0.05, 0.1) is 18.2 Å². The Bertz CT molecular complexity index is 1590. The fourth-order valence-corrected chi connectivity index (χ4v) is 9.40. The summed E-state index contributed by atoms with van der Waals surface area (Å²) < 4.78 is 65.5. The molecule has 2 fully saturated rings. The van der Waals surface area contributed by atoms with Crippen molar-refractivity contribution in [3.63, 3.8) is 0 Å². The van der Waals surface area contributed by atoms with Crippen LogP contribution in [0.15, 0.2) is 30.5 Å². The number of sulfonamides is 1. The molecule has 0 bridgehead atoms. The van der Waals surface area contributed by atoms with E-state index in [0.717, 1.165) is 5.56 Å². The van der Waals surface area contributed by atoms with E-state index in [0.29, 0.717) is 28.4 Å². The number of fused-ring (bicyclic) bond motifs is 2. The molecular formula is C24H31Cl2N6O7PS. The number of nitrogens with one attached hydrogen (secondary N) is 2. The van der Waals surface area contributed by atoms with Gasteiger partial charge in [-0.3, -0.25) is 4.57 Å². The van der Waals surface area contributed by atoms with Gasteiger partial charge in [-0.05, 0) is 44.0 Å². The third kappa shape index (κ3) is 6.87. The van der Waals surface area contributed by atoms with Crippen molar-refractivity contribution < 1.29 is 31.7 Å². The van der Waals surface area contributed by atoms with Gasteiger partial charge in [0.15, 0.2) is 17.7 Å². The smallest absolute Gasteiger partial charge is 0.226 e. The number of aromatic nitrogens is 4. The molecule has 2 N–H and O–H groups in total. The number of halogens is 2. The summed E-state index contributed by atoms with van der Waals surface area (Å²) >= 11 is 12.6. The zero-order chi connectivity index (χ0) is 29.6. The van der Waals surface area contributed by atoms with E-state index in [1.807, 2.05) is 18.2 Å². The zero-order valence-corrected chi connectivity index (χ0v) is 26.0. The maximum absolute atomic E-state index is 12.7. The summed E-state index contributed by atoms with van der Waals surface area (Å²) in [5, 5.41) is 8.93. The number of anilines is 1. The highest BCUT2D eigenvalue weighted by Gasteiger charge is 2.56. The number of hydrogen-bond acceptors (Lipinski definition) is 11. The van der Waals surface area contributed by atoms with E-state index in [4.69, 9.17) is 41.9 Å². The van der Waals surface area contributed by atoms with Crippen LogP contribution >= 0.6 is 30.6 Å². The van der Waals surface area contributed by atoms with Crippen LogP contribution in [0.25, 0.3) is 11.0 Å². The van der Waals surface area contributed by atoms with Crippen molar-refractivity contribution in [2.75, 3.05) is 30.6 Å². The van der Waals surface area contributed by atoms with E-state index < -0.39 is 53.2 Å². The summed E-state index contributed by atoms with van der Waals surface area (Å²) in [5.41, 5.74) is 0.606. The number of nitrogens with zero attached hydrogens (tertiary/aromatic N) is 4. The SMILES string of the molecule is CCOP(C)(=O)CS(=O)(=O)NC[C@H]1O[C@@H](n2ncc3c(NCc4ccccc4Cl)nc(Cl)nc32)[C@@H]2OC(C)(C)O[C@@H]21. The number of hydrogen-bond donors (Lipinski definition) is 2. The Morgan fingerprint density at radius 2 is 1.90 bits per heavy atom. The fraction of sp³-hybridized carbons (Fsp3) is 0.542. The first-order valence-electron chi connectivity index (χ1n) is 12.8. The van der Waals surface area contributed by atoms with Gasteiger partial charge in [-0.1, -0.05) is 29.8 Å². The van der Waals surface area contributed by atoms with Gasteiger partial charge in [0, 0.05) is 24.8 Å². The minimum atomic E-state index is -3.95. The van der Waals surface area contributed by atoms with E-state index in [1.165, 1.54) is 11.3 Å². The first-order chi connectivity index (χ1) is 19.3. The standard InChI is InChI=1S/C24H31Cl2N6O7PS/c1-5-36-40(4,33)13-41(34,35)29-12-17-18-19(39-24(2,3)38-18)22(37-17)32-21-15(11-28-32)20(30-23(26)31-21)27-10-14-8-6-7-9-16(14)25/h6-9,11,17-19,22,29H,5,10,12-13H2,1-4H3,(H,27,30,31)/t17-,18-,19-,22-,40?/m1/s1. The number of benzene rings is 1. The highest BCUT2D eigenvalue weighted by molar-refractivity contribution is 7.96. The quantitative estimate of drug-likeness (QED) is 0.229. The van der Waals surface area contributed by atoms with E-state index in [1.54, 1.807) is 33.0 Å². The van der Waals surface area contributed by atoms with Gasteiger partial charge >= 0.3 is 0 Å². The lowest BCUT2D eigenvalue weighted by atomic mass is 10.1. The van der Waals surface area contributed by atoms with Gasteiger partial charge in [-0.15, -0.1) is 0 Å². The maximum atomic E-state index is 12.7.